The third-order valence-corrected chi connectivity index (χ3v) is 5.18. The van der Waals surface area contributed by atoms with Crippen LogP contribution in [0.4, 0.5) is 4.39 Å². The monoisotopic (exact) mass is 347 g/mol. The molecular formula is C17H18FN3O2S. The number of nitrogens with zero attached hydrogens (tertiary/aromatic N) is 2. The molecule has 0 radical (unpaired) electrons. The molecule has 3 aromatic rings. The van der Waals surface area contributed by atoms with E-state index in [2.05, 4.69) is 9.71 Å². The summed E-state index contributed by atoms with van der Waals surface area (Å²) < 4.78 is 43.0. The number of aromatic nitrogens is 2. The second-order valence-electron chi connectivity index (χ2n) is 5.82. The van der Waals surface area contributed by atoms with E-state index in [1.807, 2.05) is 18.4 Å². The van der Waals surface area contributed by atoms with E-state index in [-0.39, 0.29) is 17.5 Å². The first-order valence-corrected chi connectivity index (χ1v) is 9.06. The normalized spacial score (nSPS) is 12.2. The number of pyridine rings is 1. The summed E-state index contributed by atoms with van der Waals surface area (Å²) in [6.45, 7) is 3.95. The van der Waals surface area contributed by atoms with Gasteiger partial charge in [0.15, 0.2) is 0 Å². The molecule has 0 amide bonds. The van der Waals surface area contributed by atoms with Crippen LogP contribution < -0.4 is 4.72 Å². The molecule has 0 fully saturated rings. The summed E-state index contributed by atoms with van der Waals surface area (Å²) >= 11 is 0. The molecule has 0 bridgehead atoms. The van der Waals surface area contributed by atoms with Crippen molar-refractivity contribution in [1.82, 2.24) is 14.3 Å². The maximum Gasteiger partial charge on any atom is 0.243 e. The van der Waals surface area contributed by atoms with Gasteiger partial charge in [0.25, 0.3) is 0 Å². The molecule has 5 nitrogen and oxygen atoms in total. The van der Waals surface area contributed by atoms with E-state index in [0.717, 1.165) is 0 Å². The van der Waals surface area contributed by atoms with E-state index in [9.17, 15) is 12.8 Å². The minimum atomic E-state index is -3.74. The van der Waals surface area contributed by atoms with Gasteiger partial charge >= 0.3 is 0 Å². The van der Waals surface area contributed by atoms with Gasteiger partial charge in [0, 0.05) is 30.4 Å². The van der Waals surface area contributed by atoms with Crippen LogP contribution in [0, 0.1) is 5.82 Å². The molecule has 0 unspecified atom stereocenters. The van der Waals surface area contributed by atoms with Crippen LogP contribution in [-0.2, 0) is 16.6 Å². The quantitative estimate of drug-likeness (QED) is 0.771. The summed E-state index contributed by atoms with van der Waals surface area (Å²) in [7, 11) is -3.74. The first-order valence-electron chi connectivity index (χ1n) is 7.58. The Morgan fingerprint density at radius 1 is 1.25 bits per heavy atom. The lowest BCUT2D eigenvalue weighted by atomic mass is 10.2. The lowest BCUT2D eigenvalue weighted by molar-refractivity contribution is 0.578. The van der Waals surface area contributed by atoms with Gasteiger partial charge in [0.1, 0.15) is 16.4 Å². The minimum absolute atomic E-state index is 0.0225. The van der Waals surface area contributed by atoms with Crippen molar-refractivity contribution in [3.63, 3.8) is 0 Å². The van der Waals surface area contributed by atoms with Gasteiger partial charge in [0.05, 0.1) is 0 Å². The third-order valence-electron chi connectivity index (χ3n) is 3.75. The van der Waals surface area contributed by atoms with Crippen molar-refractivity contribution < 1.29 is 12.8 Å². The van der Waals surface area contributed by atoms with Crippen LogP contribution in [0.5, 0.6) is 0 Å². The van der Waals surface area contributed by atoms with Crippen molar-refractivity contribution in [3.05, 3.63) is 60.2 Å². The molecule has 0 spiro atoms. The molecule has 2 aromatic heterocycles. The van der Waals surface area contributed by atoms with Crippen molar-refractivity contribution in [2.45, 2.75) is 31.3 Å². The van der Waals surface area contributed by atoms with Crippen LogP contribution in [0.2, 0.25) is 0 Å². The van der Waals surface area contributed by atoms with Crippen molar-refractivity contribution in [2.75, 3.05) is 0 Å². The fourth-order valence-corrected chi connectivity index (χ4v) is 3.78. The number of benzene rings is 1. The van der Waals surface area contributed by atoms with Crippen LogP contribution in [0.1, 0.15) is 25.5 Å². The number of hydrogen-bond donors (Lipinski definition) is 1. The van der Waals surface area contributed by atoms with Crippen LogP contribution in [-0.4, -0.2) is 18.0 Å². The largest absolute Gasteiger partial charge is 0.329 e. The van der Waals surface area contributed by atoms with E-state index >= 15 is 0 Å². The molecule has 0 aliphatic heterocycles. The van der Waals surface area contributed by atoms with Gasteiger partial charge in [-0.1, -0.05) is 12.1 Å². The number of hydrogen-bond acceptors (Lipinski definition) is 3. The molecule has 3 rings (SSSR count). The Kier molecular flexibility index (Phi) is 4.38. The van der Waals surface area contributed by atoms with Gasteiger partial charge in [-0.25, -0.2) is 22.5 Å². The van der Waals surface area contributed by atoms with Crippen molar-refractivity contribution in [3.8, 4) is 0 Å². The van der Waals surface area contributed by atoms with Crippen LogP contribution >= 0.6 is 0 Å². The van der Waals surface area contributed by atoms with Gasteiger partial charge in [-0.05, 0) is 43.7 Å². The maximum atomic E-state index is 13.2. The molecule has 24 heavy (non-hydrogen) atoms. The van der Waals surface area contributed by atoms with Gasteiger partial charge in [-0.15, -0.1) is 0 Å². The molecule has 7 heteroatoms. The van der Waals surface area contributed by atoms with E-state index in [1.165, 1.54) is 12.1 Å². The lowest BCUT2D eigenvalue weighted by Gasteiger charge is -2.07. The van der Waals surface area contributed by atoms with E-state index in [1.54, 1.807) is 36.7 Å². The smallest absolute Gasteiger partial charge is 0.243 e. The Labute approximate surface area is 140 Å². The first kappa shape index (κ1) is 16.6. The third kappa shape index (κ3) is 3.18. The van der Waals surface area contributed by atoms with E-state index < -0.39 is 15.8 Å². The highest BCUT2D eigenvalue weighted by atomic mass is 32.2. The predicted octanol–water partition coefficient (Wildman–Crippen LogP) is 3.23. The first-order chi connectivity index (χ1) is 11.4. The van der Waals surface area contributed by atoms with Crippen LogP contribution in [0.25, 0.3) is 11.0 Å². The number of fused-ring (bicyclic) bond motifs is 1. The average Bonchev–Trinajstić information content (AvgIpc) is 2.94. The lowest BCUT2D eigenvalue weighted by Crippen LogP contribution is -2.23. The molecule has 1 N–H and O–H groups in total. The van der Waals surface area contributed by atoms with Crippen LogP contribution in [0.3, 0.4) is 0 Å². The number of halogens is 1. The van der Waals surface area contributed by atoms with Crippen molar-refractivity contribution in [2.24, 2.45) is 0 Å². The van der Waals surface area contributed by atoms with Gasteiger partial charge < -0.3 is 4.57 Å². The number of rotatable bonds is 5. The highest BCUT2D eigenvalue weighted by Crippen LogP contribution is 2.26. The summed E-state index contributed by atoms with van der Waals surface area (Å²) in [6.07, 6.45) is 3.23. The van der Waals surface area contributed by atoms with E-state index in [4.69, 9.17) is 0 Å². The molecule has 0 atom stereocenters. The Hall–Kier alpha value is -2.25. The maximum absolute atomic E-state index is 13.2. The predicted molar refractivity (Wildman–Crippen MR) is 90.5 cm³/mol. The van der Waals surface area contributed by atoms with Crippen molar-refractivity contribution >= 4 is 21.1 Å². The summed E-state index contributed by atoms with van der Waals surface area (Å²) in [6, 6.07) is 9.37. The molecule has 0 saturated carbocycles. The Balaban J connectivity index is 1.96. The second kappa shape index (κ2) is 6.33. The van der Waals surface area contributed by atoms with Gasteiger partial charge in [0.2, 0.25) is 10.0 Å². The number of sulfonamides is 1. The Morgan fingerprint density at radius 3 is 2.75 bits per heavy atom. The standard InChI is InChI=1S/C17H18FN3O2S/c1-12(2)21-11-16(15-7-4-8-19-17(15)21)24(22,23)20-10-13-5-3-6-14(18)9-13/h3-9,11-12,20H,10H2,1-2H3. The number of nitrogens with one attached hydrogen (secondary N) is 1. The molecule has 126 valence electrons. The highest BCUT2D eigenvalue weighted by Gasteiger charge is 2.22. The van der Waals surface area contributed by atoms with Gasteiger partial charge in [-0.3, -0.25) is 0 Å². The van der Waals surface area contributed by atoms with Gasteiger partial charge in [-0.2, -0.15) is 0 Å². The minimum Gasteiger partial charge on any atom is -0.329 e. The fourth-order valence-electron chi connectivity index (χ4n) is 2.56. The SMILES string of the molecule is CC(C)n1cc(S(=O)(=O)NCc2cccc(F)c2)c2cccnc21. The van der Waals surface area contributed by atoms with Crippen molar-refractivity contribution in [1.29, 1.82) is 0 Å². The molecule has 0 aliphatic carbocycles. The Morgan fingerprint density at radius 2 is 2.04 bits per heavy atom. The highest BCUT2D eigenvalue weighted by molar-refractivity contribution is 7.89. The fraction of sp³-hybridized carbons (Fsp3) is 0.235. The molecule has 0 saturated heterocycles. The molecular weight excluding hydrogens is 329 g/mol. The molecule has 1 aromatic carbocycles. The average molecular weight is 347 g/mol. The summed E-state index contributed by atoms with van der Waals surface area (Å²) in [4.78, 5) is 4.46. The summed E-state index contributed by atoms with van der Waals surface area (Å²) in [5.74, 6) is -0.396. The zero-order chi connectivity index (χ0) is 17.3. The molecule has 0 aliphatic rings. The summed E-state index contributed by atoms with van der Waals surface area (Å²) in [5.41, 5.74) is 1.18. The topological polar surface area (TPSA) is 64.0 Å². The Bertz CT molecular complexity index is 980. The van der Waals surface area contributed by atoms with Crippen LogP contribution in [0.15, 0.2) is 53.7 Å². The summed E-state index contributed by atoms with van der Waals surface area (Å²) in [5, 5.41) is 0.568. The molecule has 2 heterocycles. The van der Waals surface area contributed by atoms with E-state index in [0.29, 0.717) is 16.6 Å². The second-order valence-corrected chi connectivity index (χ2v) is 7.56. The zero-order valence-electron chi connectivity index (χ0n) is 13.4. The zero-order valence-corrected chi connectivity index (χ0v) is 14.2.